The lowest BCUT2D eigenvalue weighted by Crippen LogP contribution is -2.49. The van der Waals surface area contributed by atoms with Gasteiger partial charge >= 0.3 is 0 Å². The monoisotopic (exact) mass is 553 g/mol. The van der Waals surface area contributed by atoms with Crippen molar-refractivity contribution < 1.29 is 22.4 Å². The van der Waals surface area contributed by atoms with Crippen LogP contribution in [0, 0.1) is 12.7 Å². The highest BCUT2D eigenvalue weighted by Gasteiger charge is 2.29. The number of benzene rings is 2. The first-order chi connectivity index (χ1) is 17.5. The van der Waals surface area contributed by atoms with E-state index in [1.165, 1.54) is 21.3 Å². The molecule has 2 rings (SSSR count). The number of halogens is 2. The van der Waals surface area contributed by atoms with Crippen molar-refractivity contribution in [3.05, 3.63) is 64.4 Å². The van der Waals surface area contributed by atoms with Gasteiger partial charge in [-0.2, -0.15) is 0 Å². The van der Waals surface area contributed by atoms with E-state index in [0.717, 1.165) is 24.7 Å². The van der Waals surface area contributed by atoms with Gasteiger partial charge in [-0.1, -0.05) is 50.1 Å². The number of unbranched alkanes of at least 4 members (excludes halogenated alkanes) is 1. The van der Waals surface area contributed by atoms with Gasteiger partial charge in [0.05, 0.1) is 11.9 Å². The van der Waals surface area contributed by atoms with Crippen LogP contribution >= 0.6 is 11.6 Å². The normalized spacial score (nSPS) is 12.2. The van der Waals surface area contributed by atoms with E-state index in [1.54, 1.807) is 37.3 Å². The van der Waals surface area contributed by atoms with E-state index in [9.17, 15) is 22.4 Å². The zero-order chi connectivity index (χ0) is 27.6. The molecule has 204 valence electrons. The molecule has 1 N–H and O–H groups in total. The summed E-state index contributed by atoms with van der Waals surface area (Å²) >= 11 is 6.11. The van der Waals surface area contributed by atoms with Gasteiger partial charge in [0.1, 0.15) is 11.9 Å². The van der Waals surface area contributed by atoms with Gasteiger partial charge in [0, 0.05) is 31.1 Å². The number of nitrogens with zero attached hydrogens (tertiary/aromatic N) is 2. The number of rotatable bonds is 14. The van der Waals surface area contributed by atoms with E-state index in [2.05, 4.69) is 5.32 Å². The second-order valence-corrected chi connectivity index (χ2v) is 11.4. The zero-order valence-corrected chi connectivity index (χ0v) is 23.5. The Balaban J connectivity index is 2.22. The van der Waals surface area contributed by atoms with E-state index >= 15 is 0 Å². The standard InChI is InChI=1S/C27H37ClFN3O4S/c1-5-7-16-30-27(34)24(6-2)31(19-21-11-14-23(29)15-12-21)26(33)9-8-17-32(37(4,35)36)25-18-22(28)13-10-20(25)3/h10-15,18,24H,5-9,16-17,19H2,1-4H3,(H,30,34). The Labute approximate surface area is 225 Å². The van der Waals surface area contributed by atoms with Crippen molar-refractivity contribution in [3.8, 4) is 0 Å². The highest BCUT2D eigenvalue weighted by molar-refractivity contribution is 7.92. The van der Waals surface area contributed by atoms with Gasteiger partial charge in [0.15, 0.2) is 0 Å². The quantitative estimate of drug-likeness (QED) is 0.331. The number of sulfonamides is 1. The maximum atomic E-state index is 13.4. The molecule has 0 saturated carbocycles. The number of aryl methyl sites for hydroxylation is 1. The Bertz CT molecular complexity index is 1160. The second kappa shape index (κ2) is 14.3. The highest BCUT2D eigenvalue weighted by Crippen LogP contribution is 2.27. The summed E-state index contributed by atoms with van der Waals surface area (Å²) in [6.45, 7) is 6.40. The summed E-state index contributed by atoms with van der Waals surface area (Å²) in [6, 6.07) is 10.1. The lowest BCUT2D eigenvalue weighted by Gasteiger charge is -2.31. The Hall–Kier alpha value is -2.65. The predicted molar refractivity (Wildman–Crippen MR) is 147 cm³/mol. The third-order valence-corrected chi connectivity index (χ3v) is 7.49. The van der Waals surface area contributed by atoms with Gasteiger partial charge in [-0.25, -0.2) is 12.8 Å². The number of hydrogen-bond acceptors (Lipinski definition) is 4. The molecule has 2 aromatic carbocycles. The van der Waals surface area contributed by atoms with E-state index in [4.69, 9.17) is 11.6 Å². The van der Waals surface area contributed by atoms with Gasteiger partial charge < -0.3 is 10.2 Å². The summed E-state index contributed by atoms with van der Waals surface area (Å²) in [5.41, 5.74) is 1.91. The molecule has 0 saturated heterocycles. The van der Waals surface area contributed by atoms with Crippen LogP contribution < -0.4 is 9.62 Å². The second-order valence-electron chi connectivity index (χ2n) is 9.09. The largest absolute Gasteiger partial charge is 0.354 e. The number of anilines is 1. The Morgan fingerprint density at radius 3 is 2.35 bits per heavy atom. The molecule has 2 aromatic rings. The number of carbonyl (C=O) groups is 2. The van der Waals surface area contributed by atoms with Gasteiger partial charge in [0.2, 0.25) is 21.8 Å². The Kier molecular flexibility index (Phi) is 11.8. The van der Waals surface area contributed by atoms with Crippen LogP contribution in [-0.4, -0.2) is 50.5 Å². The van der Waals surface area contributed by atoms with Crippen molar-refractivity contribution in [2.24, 2.45) is 0 Å². The molecule has 0 heterocycles. The molecule has 10 heteroatoms. The highest BCUT2D eigenvalue weighted by atomic mass is 35.5. The first kappa shape index (κ1) is 30.6. The van der Waals surface area contributed by atoms with Crippen LogP contribution in [0.15, 0.2) is 42.5 Å². The summed E-state index contributed by atoms with van der Waals surface area (Å²) in [7, 11) is -3.63. The average Bonchev–Trinajstić information content (AvgIpc) is 2.84. The molecule has 0 spiro atoms. The van der Waals surface area contributed by atoms with Crippen LogP contribution in [0.2, 0.25) is 5.02 Å². The van der Waals surface area contributed by atoms with E-state index in [-0.39, 0.29) is 43.6 Å². The van der Waals surface area contributed by atoms with Crippen molar-refractivity contribution in [2.45, 2.75) is 65.5 Å². The van der Waals surface area contributed by atoms with Crippen molar-refractivity contribution >= 4 is 39.1 Å². The molecule has 0 aliphatic rings. The van der Waals surface area contributed by atoms with Gasteiger partial charge in [-0.05, 0) is 61.6 Å². The van der Waals surface area contributed by atoms with Crippen LogP contribution in [-0.2, 0) is 26.2 Å². The molecule has 0 aliphatic carbocycles. The summed E-state index contributed by atoms with van der Waals surface area (Å²) in [5.74, 6) is -0.903. The van der Waals surface area contributed by atoms with Crippen molar-refractivity contribution in [2.75, 3.05) is 23.7 Å². The van der Waals surface area contributed by atoms with Crippen molar-refractivity contribution in [3.63, 3.8) is 0 Å². The Morgan fingerprint density at radius 2 is 1.76 bits per heavy atom. The van der Waals surface area contributed by atoms with Gasteiger partial charge in [0.25, 0.3) is 0 Å². The molecule has 0 aromatic heterocycles. The first-order valence-corrected chi connectivity index (χ1v) is 14.8. The lowest BCUT2D eigenvalue weighted by molar-refractivity contribution is -0.141. The zero-order valence-electron chi connectivity index (χ0n) is 22.0. The van der Waals surface area contributed by atoms with Gasteiger partial charge in [-0.3, -0.25) is 13.9 Å². The molecule has 7 nitrogen and oxygen atoms in total. The SMILES string of the molecule is CCCCNC(=O)C(CC)N(Cc1ccc(F)cc1)C(=O)CCCN(c1cc(Cl)ccc1C)S(C)(=O)=O. The molecule has 0 bridgehead atoms. The third kappa shape index (κ3) is 9.31. The van der Waals surface area contributed by atoms with Crippen LogP contribution in [0.3, 0.4) is 0 Å². The van der Waals surface area contributed by atoms with E-state index in [1.807, 2.05) is 13.8 Å². The number of amides is 2. The van der Waals surface area contributed by atoms with E-state index < -0.39 is 16.1 Å². The molecular formula is C27H37ClFN3O4S. The van der Waals surface area contributed by atoms with Crippen molar-refractivity contribution in [1.82, 2.24) is 10.2 Å². The van der Waals surface area contributed by atoms with Crippen LogP contribution in [0.25, 0.3) is 0 Å². The van der Waals surface area contributed by atoms with Crippen LogP contribution in [0.1, 0.15) is 57.1 Å². The third-order valence-electron chi connectivity index (χ3n) is 6.07. The molecule has 0 aliphatic heterocycles. The maximum absolute atomic E-state index is 13.4. The molecule has 1 atom stereocenters. The molecule has 37 heavy (non-hydrogen) atoms. The number of carbonyl (C=O) groups excluding carboxylic acids is 2. The fourth-order valence-corrected chi connectivity index (χ4v) is 5.23. The summed E-state index contributed by atoms with van der Waals surface area (Å²) < 4.78 is 39.8. The minimum Gasteiger partial charge on any atom is -0.354 e. The predicted octanol–water partition coefficient (Wildman–Crippen LogP) is 5.06. The van der Waals surface area contributed by atoms with Gasteiger partial charge in [-0.15, -0.1) is 0 Å². The summed E-state index contributed by atoms with van der Waals surface area (Å²) in [6.07, 6.45) is 3.56. The summed E-state index contributed by atoms with van der Waals surface area (Å²) in [4.78, 5) is 27.9. The first-order valence-electron chi connectivity index (χ1n) is 12.5. The minimum atomic E-state index is -3.63. The van der Waals surface area contributed by atoms with Crippen molar-refractivity contribution in [1.29, 1.82) is 0 Å². The number of hydrogen-bond donors (Lipinski definition) is 1. The molecular weight excluding hydrogens is 517 g/mol. The summed E-state index contributed by atoms with van der Waals surface area (Å²) in [5, 5.41) is 3.31. The van der Waals surface area contributed by atoms with Crippen LogP contribution in [0.4, 0.5) is 10.1 Å². The molecule has 2 amide bonds. The fraction of sp³-hybridized carbons (Fsp3) is 0.481. The number of nitrogens with one attached hydrogen (secondary N) is 1. The molecule has 0 fully saturated rings. The topological polar surface area (TPSA) is 86.8 Å². The average molecular weight is 554 g/mol. The molecule has 0 radical (unpaired) electrons. The smallest absolute Gasteiger partial charge is 0.242 e. The van der Waals surface area contributed by atoms with Crippen LogP contribution in [0.5, 0.6) is 0 Å². The minimum absolute atomic E-state index is 0.0333. The fourth-order valence-electron chi connectivity index (χ4n) is 4.05. The maximum Gasteiger partial charge on any atom is 0.242 e. The van der Waals surface area contributed by atoms with E-state index in [0.29, 0.717) is 29.2 Å². The molecule has 1 unspecified atom stereocenters. The Morgan fingerprint density at radius 1 is 1.08 bits per heavy atom. The lowest BCUT2D eigenvalue weighted by atomic mass is 10.1.